The number of halogens is 3. The molecule has 5 nitrogen and oxygen atoms in total. The van der Waals surface area contributed by atoms with Gasteiger partial charge >= 0.3 is 0 Å². The first-order chi connectivity index (χ1) is 13.9. The fraction of sp³-hybridized carbons (Fsp3) is 0.200. The summed E-state index contributed by atoms with van der Waals surface area (Å²) in [5.74, 6) is -2.16. The lowest BCUT2D eigenvalue weighted by Crippen LogP contribution is -2.13. The first kappa shape index (κ1) is 22.7. The average Bonchev–Trinajstić information content (AvgIpc) is 2.68. The summed E-state index contributed by atoms with van der Waals surface area (Å²) in [6.45, 7) is 2.29. The van der Waals surface area contributed by atoms with Crippen molar-refractivity contribution < 1.29 is 23.0 Å². The first-order valence-corrected chi connectivity index (χ1v) is 10.0. The van der Waals surface area contributed by atoms with Crippen LogP contribution >= 0.6 is 27.7 Å². The van der Waals surface area contributed by atoms with Crippen molar-refractivity contribution in [1.82, 2.24) is 0 Å². The molecule has 0 spiro atoms. The van der Waals surface area contributed by atoms with Crippen molar-refractivity contribution in [2.45, 2.75) is 17.6 Å². The molecule has 2 rings (SSSR count). The molecule has 0 atom stereocenters. The summed E-state index contributed by atoms with van der Waals surface area (Å²) in [6, 6.07) is 11.1. The van der Waals surface area contributed by atoms with Gasteiger partial charge in [0.05, 0.1) is 18.2 Å². The van der Waals surface area contributed by atoms with E-state index >= 15 is 0 Å². The SMILES string of the molecule is CCOc1c(Br)cc(/C=C(\C#N)C(=O)Nc2ccc(SC(F)F)cc2)cc1OC. The van der Waals surface area contributed by atoms with Crippen molar-refractivity contribution in [1.29, 1.82) is 5.26 Å². The van der Waals surface area contributed by atoms with Gasteiger partial charge in [-0.1, -0.05) is 11.8 Å². The molecule has 2 aromatic carbocycles. The number of methoxy groups -OCH3 is 1. The van der Waals surface area contributed by atoms with Gasteiger partial charge in [-0.3, -0.25) is 4.79 Å². The average molecular weight is 483 g/mol. The van der Waals surface area contributed by atoms with Crippen molar-refractivity contribution in [2.75, 3.05) is 19.0 Å². The van der Waals surface area contributed by atoms with Crippen LogP contribution in [0.2, 0.25) is 0 Å². The number of nitriles is 1. The number of rotatable bonds is 8. The Morgan fingerprint density at radius 1 is 1.34 bits per heavy atom. The number of nitrogens with zero attached hydrogens (tertiary/aromatic N) is 1. The highest BCUT2D eigenvalue weighted by Crippen LogP contribution is 2.37. The van der Waals surface area contributed by atoms with E-state index in [4.69, 9.17) is 9.47 Å². The molecule has 0 aliphatic heterocycles. The van der Waals surface area contributed by atoms with Gasteiger partial charge in [0.1, 0.15) is 11.6 Å². The van der Waals surface area contributed by atoms with Crippen LogP contribution in [0.4, 0.5) is 14.5 Å². The Labute approximate surface area is 179 Å². The highest BCUT2D eigenvalue weighted by atomic mass is 79.9. The van der Waals surface area contributed by atoms with Crippen LogP contribution in [-0.2, 0) is 4.79 Å². The number of carbonyl (C=O) groups excluding carboxylic acids is 1. The van der Waals surface area contributed by atoms with E-state index < -0.39 is 11.7 Å². The van der Waals surface area contributed by atoms with E-state index in [0.717, 1.165) is 0 Å². The van der Waals surface area contributed by atoms with Gasteiger partial charge in [0.15, 0.2) is 11.5 Å². The van der Waals surface area contributed by atoms with Crippen LogP contribution in [0.5, 0.6) is 11.5 Å². The molecular weight excluding hydrogens is 466 g/mol. The summed E-state index contributed by atoms with van der Waals surface area (Å²) in [5, 5.41) is 12.0. The standard InChI is InChI=1S/C20H17BrF2N2O3S/c1-3-28-18-16(21)9-12(10-17(18)27-2)8-13(11-24)19(26)25-14-4-6-15(7-5-14)29-20(22)23/h4-10,20H,3H2,1-2H3,(H,25,26)/b13-8+. The Bertz CT molecular complexity index is 944. The maximum absolute atomic E-state index is 12.4. The second-order valence-corrected chi connectivity index (χ2v) is 7.41. The normalized spacial score (nSPS) is 11.1. The van der Waals surface area contributed by atoms with E-state index in [9.17, 15) is 18.8 Å². The van der Waals surface area contributed by atoms with E-state index in [1.54, 1.807) is 12.1 Å². The summed E-state index contributed by atoms with van der Waals surface area (Å²) in [7, 11) is 1.49. The topological polar surface area (TPSA) is 71.3 Å². The maximum atomic E-state index is 12.4. The molecule has 9 heteroatoms. The number of benzene rings is 2. The zero-order chi connectivity index (χ0) is 21.4. The van der Waals surface area contributed by atoms with Crippen LogP contribution in [0.25, 0.3) is 6.08 Å². The Hall–Kier alpha value is -2.57. The highest BCUT2D eigenvalue weighted by Gasteiger charge is 2.14. The van der Waals surface area contributed by atoms with Crippen LogP contribution in [0.1, 0.15) is 12.5 Å². The predicted molar refractivity (Wildman–Crippen MR) is 112 cm³/mol. The number of amides is 1. The van der Waals surface area contributed by atoms with Crippen LogP contribution in [-0.4, -0.2) is 25.4 Å². The van der Waals surface area contributed by atoms with E-state index in [-0.39, 0.29) is 5.57 Å². The number of anilines is 1. The second kappa shape index (κ2) is 10.8. The molecule has 2 aromatic rings. The van der Waals surface area contributed by atoms with Gasteiger partial charge in [0.25, 0.3) is 11.7 Å². The Morgan fingerprint density at radius 2 is 2.03 bits per heavy atom. The number of alkyl halides is 2. The number of carbonyl (C=O) groups is 1. The number of nitrogens with one attached hydrogen (secondary N) is 1. The van der Waals surface area contributed by atoms with Crippen LogP contribution in [0.3, 0.4) is 0 Å². The van der Waals surface area contributed by atoms with Gasteiger partial charge in [-0.2, -0.15) is 14.0 Å². The molecule has 0 saturated carbocycles. The molecule has 0 aliphatic rings. The minimum atomic E-state index is -2.52. The second-order valence-electron chi connectivity index (χ2n) is 5.49. The number of hydrogen-bond acceptors (Lipinski definition) is 5. The first-order valence-electron chi connectivity index (χ1n) is 8.36. The largest absolute Gasteiger partial charge is 0.493 e. The number of ether oxygens (including phenoxy) is 2. The Kier molecular flexibility index (Phi) is 8.49. The molecule has 0 aromatic heterocycles. The summed E-state index contributed by atoms with van der Waals surface area (Å²) in [6.07, 6.45) is 1.42. The van der Waals surface area contributed by atoms with Crippen molar-refractivity contribution in [3.8, 4) is 17.6 Å². The molecule has 0 bridgehead atoms. The minimum absolute atomic E-state index is 0.130. The van der Waals surface area contributed by atoms with Gasteiger partial charge in [0.2, 0.25) is 0 Å². The van der Waals surface area contributed by atoms with Crippen molar-refractivity contribution >= 4 is 45.4 Å². The lowest BCUT2D eigenvalue weighted by atomic mass is 10.1. The predicted octanol–water partition coefficient (Wildman–Crippen LogP) is 5.72. The third kappa shape index (κ3) is 6.48. The van der Waals surface area contributed by atoms with Crippen LogP contribution < -0.4 is 14.8 Å². The summed E-state index contributed by atoms with van der Waals surface area (Å²) in [4.78, 5) is 12.8. The third-order valence-electron chi connectivity index (χ3n) is 3.55. The Morgan fingerprint density at radius 3 is 2.59 bits per heavy atom. The molecule has 0 fully saturated rings. The van der Waals surface area contributed by atoms with E-state index in [2.05, 4.69) is 21.2 Å². The van der Waals surface area contributed by atoms with Gasteiger partial charge in [0, 0.05) is 10.6 Å². The Balaban J connectivity index is 2.22. The molecule has 152 valence electrons. The molecule has 0 aliphatic carbocycles. The zero-order valence-corrected chi connectivity index (χ0v) is 17.9. The number of thioether (sulfide) groups is 1. The summed E-state index contributed by atoms with van der Waals surface area (Å²) in [5.41, 5.74) is 0.821. The fourth-order valence-electron chi connectivity index (χ4n) is 2.34. The summed E-state index contributed by atoms with van der Waals surface area (Å²) >= 11 is 3.80. The quantitative estimate of drug-likeness (QED) is 0.296. The molecule has 1 N–H and O–H groups in total. The van der Waals surface area contributed by atoms with Crippen molar-refractivity contribution in [3.63, 3.8) is 0 Å². The van der Waals surface area contributed by atoms with E-state index in [0.29, 0.717) is 50.5 Å². The highest BCUT2D eigenvalue weighted by molar-refractivity contribution is 9.10. The van der Waals surface area contributed by atoms with Gasteiger partial charge < -0.3 is 14.8 Å². The van der Waals surface area contributed by atoms with E-state index in [1.165, 1.54) is 37.5 Å². The molecule has 29 heavy (non-hydrogen) atoms. The zero-order valence-electron chi connectivity index (χ0n) is 15.5. The maximum Gasteiger partial charge on any atom is 0.288 e. The van der Waals surface area contributed by atoms with Crippen molar-refractivity contribution in [2.24, 2.45) is 0 Å². The lowest BCUT2D eigenvalue weighted by molar-refractivity contribution is -0.112. The van der Waals surface area contributed by atoms with Crippen LogP contribution in [0.15, 0.2) is 51.3 Å². The lowest BCUT2D eigenvalue weighted by Gasteiger charge is -2.12. The number of hydrogen-bond donors (Lipinski definition) is 1. The third-order valence-corrected chi connectivity index (χ3v) is 4.87. The molecule has 1 amide bonds. The van der Waals surface area contributed by atoms with Gasteiger partial charge in [-0.15, -0.1) is 0 Å². The fourth-order valence-corrected chi connectivity index (χ4v) is 3.41. The molecule has 0 unspecified atom stereocenters. The molecule has 0 heterocycles. The summed E-state index contributed by atoms with van der Waals surface area (Å²) < 4.78 is 36.2. The molecule has 0 radical (unpaired) electrons. The van der Waals surface area contributed by atoms with Crippen molar-refractivity contribution in [3.05, 3.63) is 52.0 Å². The monoisotopic (exact) mass is 482 g/mol. The smallest absolute Gasteiger partial charge is 0.288 e. The van der Waals surface area contributed by atoms with Crippen LogP contribution in [0, 0.1) is 11.3 Å². The molecule has 0 saturated heterocycles. The van der Waals surface area contributed by atoms with Gasteiger partial charge in [-0.05, 0) is 70.9 Å². The molecular formula is C20H17BrF2N2O3S. The van der Waals surface area contributed by atoms with Gasteiger partial charge in [-0.25, -0.2) is 0 Å². The van der Waals surface area contributed by atoms with E-state index in [1.807, 2.05) is 13.0 Å². The minimum Gasteiger partial charge on any atom is -0.493 e.